The van der Waals surface area contributed by atoms with Crippen molar-refractivity contribution in [1.82, 2.24) is 9.80 Å². The summed E-state index contributed by atoms with van der Waals surface area (Å²) in [6.07, 6.45) is 2.89. The molecule has 1 aliphatic rings. The summed E-state index contributed by atoms with van der Waals surface area (Å²) in [6, 6.07) is 5.84. The molecule has 140 valence electrons. The molecular formula is C20H30Cl2N2O. The summed E-state index contributed by atoms with van der Waals surface area (Å²) in [5.74, 6) is 0.576. The van der Waals surface area contributed by atoms with Gasteiger partial charge in [-0.25, -0.2) is 0 Å². The Morgan fingerprint density at radius 3 is 2.28 bits per heavy atom. The largest absolute Gasteiger partial charge is 0.335 e. The van der Waals surface area contributed by atoms with Crippen LogP contribution in [0, 0.1) is 5.92 Å². The molecule has 1 aromatic rings. The third-order valence-corrected chi connectivity index (χ3v) is 5.69. The highest BCUT2D eigenvalue weighted by Gasteiger charge is 2.30. The van der Waals surface area contributed by atoms with Crippen molar-refractivity contribution >= 4 is 29.1 Å². The van der Waals surface area contributed by atoms with Gasteiger partial charge in [0.1, 0.15) is 0 Å². The Morgan fingerprint density at radius 1 is 1.12 bits per heavy atom. The minimum absolute atomic E-state index is 0.159. The van der Waals surface area contributed by atoms with Gasteiger partial charge in [-0.3, -0.25) is 4.79 Å². The third-order valence-electron chi connectivity index (χ3n) is 4.95. The molecule has 1 saturated heterocycles. The molecule has 1 amide bonds. The maximum absolute atomic E-state index is 13.1. The Kier molecular flexibility index (Phi) is 7.60. The number of hydrogen-bond donors (Lipinski definition) is 0. The number of halogens is 2. The Hall–Kier alpha value is -0.770. The van der Waals surface area contributed by atoms with Gasteiger partial charge in [-0.1, -0.05) is 43.1 Å². The minimum atomic E-state index is 0.159. The summed E-state index contributed by atoms with van der Waals surface area (Å²) < 4.78 is 0. The SMILES string of the molecule is CC(C)[C@@H](CN1CCCC1)N(C(=O)Cc1ccc(Cl)c(Cl)c1)C(C)C. The van der Waals surface area contributed by atoms with E-state index in [0.717, 1.165) is 25.2 Å². The van der Waals surface area contributed by atoms with Gasteiger partial charge in [-0.05, 0) is 63.4 Å². The van der Waals surface area contributed by atoms with Gasteiger partial charge in [0.15, 0.2) is 0 Å². The quantitative estimate of drug-likeness (QED) is 0.667. The predicted molar refractivity (Wildman–Crippen MR) is 106 cm³/mol. The number of hydrogen-bond acceptors (Lipinski definition) is 2. The van der Waals surface area contributed by atoms with E-state index in [2.05, 4.69) is 37.5 Å². The third kappa shape index (κ3) is 5.60. The second-order valence-corrected chi connectivity index (χ2v) is 8.45. The molecule has 1 atom stereocenters. The summed E-state index contributed by atoms with van der Waals surface area (Å²) in [4.78, 5) is 17.7. The summed E-state index contributed by atoms with van der Waals surface area (Å²) in [5, 5.41) is 1.02. The lowest BCUT2D eigenvalue weighted by Crippen LogP contribution is -2.52. The van der Waals surface area contributed by atoms with Crippen molar-refractivity contribution in [2.75, 3.05) is 19.6 Å². The minimum Gasteiger partial charge on any atom is -0.335 e. The summed E-state index contributed by atoms with van der Waals surface area (Å²) in [7, 11) is 0. The Labute approximate surface area is 162 Å². The Bertz CT molecular complexity index is 583. The highest BCUT2D eigenvalue weighted by atomic mass is 35.5. The zero-order valence-electron chi connectivity index (χ0n) is 15.8. The lowest BCUT2D eigenvalue weighted by Gasteiger charge is -2.39. The van der Waals surface area contributed by atoms with E-state index in [1.54, 1.807) is 12.1 Å². The van der Waals surface area contributed by atoms with E-state index in [1.807, 2.05) is 6.07 Å². The van der Waals surface area contributed by atoms with Crippen LogP contribution in [0.1, 0.15) is 46.1 Å². The topological polar surface area (TPSA) is 23.6 Å². The van der Waals surface area contributed by atoms with Crippen molar-refractivity contribution in [2.24, 2.45) is 5.92 Å². The van der Waals surface area contributed by atoms with Gasteiger partial charge in [0.05, 0.1) is 16.5 Å². The molecule has 5 heteroatoms. The molecule has 0 unspecified atom stereocenters. The van der Waals surface area contributed by atoms with Crippen LogP contribution < -0.4 is 0 Å². The first-order chi connectivity index (χ1) is 11.8. The molecule has 2 rings (SSSR count). The van der Waals surface area contributed by atoms with Gasteiger partial charge in [0.25, 0.3) is 0 Å². The van der Waals surface area contributed by atoms with E-state index in [0.29, 0.717) is 22.4 Å². The van der Waals surface area contributed by atoms with E-state index in [-0.39, 0.29) is 18.0 Å². The average molecular weight is 385 g/mol. The summed E-state index contributed by atoms with van der Waals surface area (Å²) >= 11 is 12.1. The fraction of sp³-hybridized carbons (Fsp3) is 0.650. The molecule has 1 fully saturated rings. The molecule has 0 N–H and O–H groups in total. The lowest BCUT2D eigenvalue weighted by molar-refractivity contribution is -0.136. The van der Waals surface area contributed by atoms with Gasteiger partial charge >= 0.3 is 0 Å². The zero-order chi connectivity index (χ0) is 18.6. The molecule has 0 bridgehead atoms. The first-order valence-corrected chi connectivity index (χ1v) is 10.0. The number of amides is 1. The van der Waals surface area contributed by atoms with Gasteiger partial charge in [0, 0.05) is 18.6 Å². The zero-order valence-corrected chi connectivity index (χ0v) is 17.3. The van der Waals surface area contributed by atoms with Gasteiger partial charge < -0.3 is 9.80 Å². The second-order valence-electron chi connectivity index (χ2n) is 7.64. The normalized spacial score (nSPS) is 16.6. The molecule has 25 heavy (non-hydrogen) atoms. The van der Waals surface area contributed by atoms with Crippen LogP contribution in [-0.4, -0.2) is 47.4 Å². The van der Waals surface area contributed by atoms with Crippen LogP contribution in [0.5, 0.6) is 0 Å². The molecule has 0 spiro atoms. The van der Waals surface area contributed by atoms with Crippen LogP contribution in [0.15, 0.2) is 18.2 Å². The number of likely N-dealkylation sites (tertiary alicyclic amines) is 1. The standard InChI is InChI=1S/C20H30Cl2N2O/c1-14(2)19(13-23-9-5-6-10-23)24(15(3)4)20(25)12-16-7-8-17(21)18(22)11-16/h7-8,11,14-15,19H,5-6,9-10,12-13H2,1-4H3/t19-/m1/s1. The fourth-order valence-corrected chi connectivity index (χ4v) is 3.94. The maximum atomic E-state index is 13.1. The maximum Gasteiger partial charge on any atom is 0.227 e. The molecule has 1 aromatic carbocycles. The van der Waals surface area contributed by atoms with Crippen molar-refractivity contribution in [3.05, 3.63) is 33.8 Å². The lowest BCUT2D eigenvalue weighted by atomic mass is 9.99. The summed E-state index contributed by atoms with van der Waals surface area (Å²) in [5.41, 5.74) is 0.911. The monoisotopic (exact) mass is 384 g/mol. The van der Waals surface area contributed by atoms with Crippen molar-refractivity contribution in [3.63, 3.8) is 0 Å². The summed E-state index contributed by atoms with van der Waals surface area (Å²) in [6.45, 7) is 11.9. The van der Waals surface area contributed by atoms with Crippen LogP contribution in [0.4, 0.5) is 0 Å². The first-order valence-electron chi connectivity index (χ1n) is 9.27. The smallest absolute Gasteiger partial charge is 0.227 e. The molecule has 0 radical (unpaired) electrons. The molecule has 0 saturated carbocycles. The van der Waals surface area contributed by atoms with Crippen molar-refractivity contribution < 1.29 is 4.79 Å². The number of benzene rings is 1. The molecular weight excluding hydrogens is 355 g/mol. The number of rotatable bonds is 7. The fourth-order valence-electron chi connectivity index (χ4n) is 3.62. The van der Waals surface area contributed by atoms with Crippen LogP contribution in [0.3, 0.4) is 0 Å². The highest BCUT2D eigenvalue weighted by molar-refractivity contribution is 6.42. The first kappa shape index (κ1) is 20.5. The molecule has 3 nitrogen and oxygen atoms in total. The average Bonchev–Trinajstić information content (AvgIpc) is 3.03. The number of carbonyl (C=O) groups excluding carboxylic acids is 1. The van der Waals surface area contributed by atoms with Gasteiger partial charge in [0.2, 0.25) is 5.91 Å². The van der Waals surface area contributed by atoms with E-state index in [4.69, 9.17) is 23.2 Å². The number of carbonyl (C=O) groups is 1. The predicted octanol–water partition coefficient (Wildman–Crippen LogP) is 4.89. The molecule has 1 aliphatic heterocycles. The van der Waals surface area contributed by atoms with E-state index in [9.17, 15) is 4.79 Å². The molecule has 1 heterocycles. The molecule has 0 aliphatic carbocycles. The van der Waals surface area contributed by atoms with E-state index < -0.39 is 0 Å². The van der Waals surface area contributed by atoms with Crippen molar-refractivity contribution in [1.29, 1.82) is 0 Å². The number of nitrogens with zero attached hydrogens (tertiary/aromatic N) is 2. The van der Waals surface area contributed by atoms with Crippen LogP contribution in [-0.2, 0) is 11.2 Å². The highest BCUT2D eigenvalue weighted by Crippen LogP contribution is 2.24. The van der Waals surface area contributed by atoms with E-state index in [1.165, 1.54) is 12.8 Å². The molecule has 0 aromatic heterocycles. The van der Waals surface area contributed by atoms with Gasteiger partial charge in [-0.2, -0.15) is 0 Å². The van der Waals surface area contributed by atoms with Crippen molar-refractivity contribution in [3.8, 4) is 0 Å². The Balaban J connectivity index is 2.15. The van der Waals surface area contributed by atoms with Crippen LogP contribution in [0.25, 0.3) is 0 Å². The second kappa shape index (κ2) is 9.25. The van der Waals surface area contributed by atoms with E-state index >= 15 is 0 Å². The van der Waals surface area contributed by atoms with Crippen LogP contribution >= 0.6 is 23.2 Å². The van der Waals surface area contributed by atoms with Crippen LogP contribution in [0.2, 0.25) is 10.0 Å². The van der Waals surface area contributed by atoms with Crippen molar-refractivity contribution in [2.45, 2.75) is 59.0 Å². The Morgan fingerprint density at radius 2 is 1.76 bits per heavy atom. The van der Waals surface area contributed by atoms with Gasteiger partial charge in [-0.15, -0.1) is 0 Å².